The van der Waals surface area contributed by atoms with Crippen LogP contribution in [0.2, 0.25) is 0 Å². The zero-order valence-electron chi connectivity index (χ0n) is 12.5. The van der Waals surface area contributed by atoms with E-state index in [1.54, 1.807) is 0 Å². The lowest BCUT2D eigenvalue weighted by atomic mass is 9.76. The van der Waals surface area contributed by atoms with E-state index in [0.29, 0.717) is 6.42 Å². The quantitative estimate of drug-likeness (QED) is 0.708. The Balaban J connectivity index is 2.36. The summed E-state index contributed by atoms with van der Waals surface area (Å²) in [5.74, 6) is 0.801. The van der Waals surface area contributed by atoms with Crippen LogP contribution in [0.5, 0.6) is 0 Å². The number of nitriles is 1. The Hall–Kier alpha value is -1.04. The third kappa shape index (κ3) is 5.22. The summed E-state index contributed by atoms with van der Waals surface area (Å²) in [6, 6.07) is 2.36. The van der Waals surface area contributed by atoms with Crippen molar-refractivity contribution in [3.63, 3.8) is 0 Å². The number of carbonyl (C=O) groups is 1. The van der Waals surface area contributed by atoms with E-state index in [0.717, 1.165) is 44.4 Å². The van der Waals surface area contributed by atoms with Crippen LogP contribution in [0.25, 0.3) is 0 Å². The molecule has 1 rings (SSSR count). The summed E-state index contributed by atoms with van der Waals surface area (Å²) in [5, 5.41) is 12.4. The van der Waals surface area contributed by atoms with Gasteiger partial charge in [-0.2, -0.15) is 5.26 Å². The molecule has 0 unspecified atom stereocenters. The second-order valence-corrected chi connectivity index (χ2v) is 5.90. The van der Waals surface area contributed by atoms with Gasteiger partial charge in [0.2, 0.25) is 5.91 Å². The highest BCUT2D eigenvalue weighted by molar-refractivity contribution is 5.77. The van der Waals surface area contributed by atoms with Crippen molar-refractivity contribution < 1.29 is 4.79 Å². The lowest BCUT2D eigenvalue weighted by molar-refractivity contribution is -0.123. The van der Waals surface area contributed by atoms with E-state index in [1.807, 2.05) is 0 Å². The van der Waals surface area contributed by atoms with Gasteiger partial charge in [-0.15, -0.1) is 0 Å². The van der Waals surface area contributed by atoms with Crippen LogP contribution in [0.1, 0.15) is 78.1 Å². The second kappa shape index (κ2) is 8.19. The van der Waals surface area contributed by atoms with Gasteiger partial charge in [-0.25, -0.2) is 0 Å². The maximum atomic E-state index is 11.9. The number of hydrogen-bond donors (Lipinski definition) is 1. The van der Waals surface area contributed by atoms with E-state index in [2.05, 4.69) is 25.2 Å². The van der Waals surface area contributed by atoms with Gasteiger partial charge in [0.25, 0.3) is 0 Å². The van der Waals surface area contributed by atoms with Crippen molar-refractivity contribution in [2.75, 3.05) is 0 Å². The van der Waals surface area contributed by atoms with Crippen LogP contribution in [0.4, 0.5) is 0 Å². The summed E-state index contributed by atoms with van der Waals surface area (Å²) in [4.78, 5) is 11.9. The molecule has 3 nitrogen and oxygen atoms in total. The standard InChI is InChI=1S/C16H28N2O/c1-3-5-6-7-8-15(19)18-16(13-17)11-9-14(4-2)10-12-16/h14H,3-12H2,1-2H3,(H,18,19). The van der Waals surface area contributed by atoms with E-state index < -0.39 is 5.54 Å². The topological polar surface area (TPSA) is 52.9 Å². The molecule has 1 N–H and O–H groups in total. The van der Waals surface area contributed by atoms with Crippen LogP contribution >= 0.6 is 0 Å². The van der Waals surface area contributed by atoms with Crippen molar-refractivity contribution in [2.45, 2.75) is 83.6 Å². The largest absolute Gasteiger partial charge is 0.338 e. The van der Waals surface area contributed by atoms with Crippen LogP contribution in [0.15, 0.2) is 0 Å². The molecule has 0 radical (unpaired) electrons. The van der Waals surface area contributed by atoms with E-state index in [1.165, 1.54) is 19.3 Å². The molecule has 3 heteroatoms. The number of rotatable bonds is 7. The Labute approximate surface area is 117 Å². The molecular formula is C16H28N2O. The minimum absolute atomic E-state index is 0.0626. The van der Waals surface area contributed by atoms with Gasteiger partial charge in [0, 0.05) is 6.42 Å². The number of hydrogen-bond acceptors (Lipinski definition) is 2. The third-order valence-corrected chi connectivity index (χ3v) is 4.39. The summed E-state index contributed by atoms with van der Waals surface area (Å²) in [6.45, 7) is 4.37. The summed E-state index contributed by atoms with van der Waals surface area (Å²) >= 11 is 0. The fraction of sp³-hybridized carbons (Fsp3) is 0.875. The first-order valence-corrected chi connectivity index (χ1v) is 7.88. The number of carbonyl (C=O) groups excluding carboxylic acids is 1. The van der Waals surface area contributed by atoms with Gasteiger partial charge in [-0.3, -0.25) is 4.79 Å². The molecule has 0 atom stereocenters. The van der Waals surface area contributed by atoms with E-state index >= 15 is 0 Å². The predicted octanol–water partition coefficient (Wildman–Crippen LogP) is 3.94. The fourth-order valence-electron chi connectivity index (χ4n) is 2.89. The Morgan fingerprint density at radius 3 is 2.47 bits per heavy atom. The van der Waals surface area contributed by atoms with Gasteiger partial charge in [0.1, 0.15) is 5.54 Å². The van der Waals surface area contributed by atoms with E-state index in [-0.39, 0.29) is 5.91 Å². The molecular weight excluding hydrogens is 236 g/mol. The molecule has 1 aliphatic rings. The summed E-state index contributed by atoms with van der Waals surface area (Å²) in [5.41, 5.74) is -0.576. The van der Waals surface area contributed by atoms with E-state index in [4.69, 9.17) is 0 Å². The average molecular weight is 264 g/mol. The van der Waals surface area contributed by atoms with Crippen molar-refractivity contribution in [3.8, 4) is 6.07 Å². The summed E-state index contributed by atoms with van der Waals surface area (Å²) < 4.78 is 0. The van der Waals surface area contributed by atoms with Crippen molar-refractivity contribution in [2.24, 2.45) is 5.92 Å². The van der Waals surface area contributed by atoms with Crippen LogP contribution in [-0.4, -0.2) is 11.4 Å². The predicted molar refractivity (Wildman–Crippen MR) is 77.5 cm³/mol. The SMILES string of the molecule is CCCCCCC(=O)NC1(C#N)CCC(CC)CC1. The lowest BCUT2D eigenvalue weighted by Gasteiger charge is -2.35. The molecule has 0 aromatic rings. The fourth-order valence-corrected chi connectivity index (χ4v) is 2.89. The Morgan fingerprint density at radius 1 is 1.26 bits per heavy atom. The summed E-state index contributed by atoms with van der Waals surface area (Å²) in [7, 11) is 0. The monoisotopic (exact) mass is 264 g/mol. The molecule has 1 saturated carbocycles. The van der Waals surface area contributed by atoms with Gasteiger partial charge in [-0.05, 0) is 38.0 Å². The van der Waals surface area contributed by atoms with Crippen LogP contribution < -0.4 is 5.32 Å². The van der Waals surface area contributed by atoms with Gasteiger partial charge >= 0.3 is 0 Å². The molecule has 0 spiro atoms. The molecule has 0 aliphatic heterocycles. The highest BCUT2D eigenvalue weighted by atomic mass is 16.1. The molecule has 1 aliphatic carbocycles. The van der Waals surface area contributed by atoms with Crippen molar-refractivity contribution in [1.82, 2.24) is 5.32 Å². The maximum Gasteiger partial charge on any atom is 0.221 e. The van der Waals surface area contributed by atoms with Crippen molar-refractivity contribution in [3.05, 3.63) is 0 Å². The minimum Gasteiger partial charge on any atom is -0.338 e. The van der Waals surface area contributed by atoms with Crippen LogP contribution in [0.3, 0.4) is 0 Å². The summed E-state index contributed by atoms with van der Waals surface area (Å²) in [6.07, 6.45) is 9.97. The number of amides is 1. The highest BCUT2D eigenvalue weighted by Crippen LogP contribution is 2.33. The second-order valence-electron chi connectivity index (χ2n) is 5.90. The molecule has 0 bridgehead atoms. The lowest BCUT2D eigenvalue weighted by Crippen LogP contribution is -2.49. The Kier molecular flexibility index (Phi) is 6.91. The number of nitrogens with zero attached hydrogens (tertiary/aromatic N) is 1. The zero-order chi connectivity index (χ0) is 14.1. The van der Waals surface area contributed by atoms with Crippen molar-refractivity contribution in [1.29, 1.82) is 5.26 Å². The zero-order valence-corrected chi connectivity index (χ0v) is 12.5. The molecule has 1 amide bonds. The first kappa shape index (κ1) is 16.0. The molecule has 0 heterocycles. The van der Waals surface area contributed by atoms with Crippen molar-refractivity contribution >= 4 is 5.91 Å². The molecule has 0 aromatic carbocycles. The van der Waals surface area contributed by atoms with Gasteiger partial charge in [-0.1, -0.05) is 39.5 Å². The smallest absolute Gasteiger partial charge is 0.221 e. The van der Waals surface area contributed by atoms with Gasteiger partial charge in [0.05, 0.1) is 6.07 Å². The molecule has 19 heavy (non-hydrogen) atoms. The third-order valence-electron chi connectivity index (χ3n) is 4.39. The highest BCUT2D eigenvalue weighted by Gasteiger charge is 2.36. The van der Waals surface area contributed by atoms with Gasteiger partial charge in [0.15, 0.2) is 0 Å². The van der Waals surface area contributed by atoms with Gasteiger partial charge < -0.3 is 5.32 Å². The molecule has 0 aromatic heterocycles. The Morgan fingerprint density at radius 2 is 1.95 bits per heavy atom. The average Bonchev–Trinajstić information content (AvgIpc) is 2.44. The maximum absolute atomic E-state index is 11.9. The number of nitrogens with one attached hydrogen (secondary N) is 1. The first-order chi connectivity index (χ1) is 9.15. The molecule has 0 saturated heterocycles. The first-order valence-electron chi connectivity index (χ1n) is 7.88. The molecule has 1 fully saturated rings. The van der Waals surface area contributed by atoms with Crippen LogP contribution in [0, 0.1) is 17.2 Å². The van der Waals surface area contributed by atoms with Crippen LogP contribution in [-0.2, 0) is 4.79 Å². The normalized spacial score (nSPS) is 26.7. The molecule has 108 valence electrons. The minimum atomic E-state index is -0.576. The Bertz CT molecular complexity index is 311. The van der Waals surface area contributed by atoms with E-state index in [9.17, 15) is 10.1 Å². The number of unbranched alkanes of at least 4 members (excludes halogenated alkanes) is 3.